The zero-order valence-electron chi connectivity index (χ0n) is 65.4. The van der Waals surface area contributed by atoms with Crippen molar-refractivity contribution in [2.24, 2.45) is 49.6 Å². The van der Waals surface area contributed by atoms with Crippen molar-refractivity contribution in [1.82, 2.24) is 62.9 Å². The van der Waals surface area contributed by atoms with Crippen LogP contribution in [0.15, 0.2) is 130 Å². The second-order valence-corrected chi connectivity index (χ2v) is 36.8. The number of hydrogen-bond donors (Lipinski definition) is 4. The van der Waals surface area contributed by atoms with E-state index in [4.69, 9.17) is 31.0 Å². The fraction of sp³-hybridized carbons (Fsp3) is 0.392. The molecule has 118 heavy (non-hydrogen) atoms. The first kappa shape index (κ1) is 83.7. The lowest BCUT2D eigenvalue weighted by Crippen LogP contribution is -2.20. The molecule has 3 aliphatic heterocycles. The van der Waals surface area contributed by atoms with Crippen molar-refractivity contribution in [2.75, 3.05) is 47.9 Å². The number of aliphatic imine (C=N–C) groups is 1. The maximum atomic E-state index is 13.6. The smallest absolute Gasteiger partial charge is 0.260 e. The number of aryl methyl sites for hydroxylation is 5. The standard InChI is InChI=1S/C28H30F2N6O4S.C24H23F2N5O3S.C23H25ClN6O3S.C4H5F2NO/c1-16-32-26-21(34-20-8-7-17(10-24(20)41(3,38)39)22-14-35(2)15-31-22)11-18(12-23(37)19-13-28(19,29)30)33-27(26)36(16)25-6-4-5-9-40-25;1-13-8-19-23(27-13)20(10-15(28-19)11-21(32)16-12-24(16,25)26)29-18-5-4-14(9-22(18)35(3,33)34)17-6-7-31(2)30-17;1-14-26-22-17(11-20(24)28-23(22)30(14)21-6-4-5-9-33-21)27-16-8-7-15(10-19(16)34(3,31)32)18-12-29(2)13-25-18;5-4(6)1-2(4)3(7)8/h7-8,10-11,14-15,19,25H,4-6,9,12-13H2,1-3H3,(H,33,34);4-7,9-10,16H,8,11-12H2,1-3H3,(H,28,29);7-8,10-13,21H,4-6,9H2,1-3H3,(H,27,28);2H,1H2,(H2,7,8). The van der Waals surface area contributed by atoms with Gasteiger partial charge >= 0.3 is 0 Å². The van der Waals surface area contributed by atoms with Crippen LogP contribution in [0.25, 0.3) is 56.1 Å². The number of alkyl halides is 6. The Labute approximate surface area is 679 Å². The zero-order chi connectivity index (χ0) is 84.6. The molecular formula is C79H83ClF6N18O11S3. The summed E-state index contributed by atoms with van der Waals surface area (Å²) >= 11 is 6.39. The summed E-state index contributed by atoms with van der Waals surface area (Å²) in [5, 5.41) is 14.2. The van der Waals surface area contributed by atoms with Crippen LogP contribution >= 0.6 is 11.6 Å². The van der Waals surface area contributed by atoms with Gasteiger partial charge in [0.2, 0.25) is 5.91 Å². The van der Waals surface area contributed by atoms with Gasteiger partial charge in [0.25, 0.3) is 17.8 Å². The number of fused-ring (bicyclic) bond motifs is 3. The highest BCUT2D eigenvalue weighted by Crippen LogP contribution is 2.52. The number of halogens is 7. The SMILES string of the molecule is CC1=Nc2c(Nc3ccc(-c4ccn(C)n4)cc3S(C)(=O)=O)cc(CC(=O)C3CC3(F)F)nc2C1.Cc1nc2c(Nc3ccc(-c4cn(C)cn4)cc3S(C)(=O)=O)cc(CC(=O)C3CC3(F)F)nc2n1C1CCCCO1.Cc1nc2c(Nc3ccc(-c4cn(C)cn4)cc3S(C)(=O)=O)cc(Cl)nc2n1C1CCCCO1.NC(=O)C1CC1(F)F. The summed E-state index contributed by atoms with van der Waals surface area (Å²) in [6.45, 7) is 6.84. The number of nitrogens with one attached hydrogen (secondary N) is 3. The predicted molar refractivity (Wildman–Crippen MR) is 429 cm³/mol. The molecule has 3 saturated carbocycles. The van der Waals surface area contributed by atoms with Crippen molar-refractivity contribution in [1.29, 1.82) is 0 Å². The molecule has 0 bridgehead atoms. The largest absolute Gasteiger partial charge is 0.369 e. The third kappa shape index (κ3) is 18.5. The molecule has 0 spiro atoms. The van der Waals surface area contributed by atoms with E-state index in [2.05, 4.69) is 56.7 Å². The number of carbonyl (C=O) groups excluding carboxylic acids is 3. The van der Waals surface area contributed by atoms with Crippen molar-refractivity contribution < 1.29 is 75.5 Å². The second kappa shape index (κ2) is 32.1. The Morgan fingerprint density at radius 3 is 1.33 bits per heavy atom. The number of sulfone groups is 3. The van der Waals surface area contributed by atoms with Crippen LogP contribution in [0.2, 0.25) is 5.15 Å². The molecule has 39 heteroatoms. The lowest BCUT2D eigenvalue weighted by molar-refractivity contribution is -0.122. The fourth-order valence-electron chi connectivity index (χ4n) is 14.4. The summed E-state index contributed by atoms with van der Waals surface area (Å²) in [5.41, 5.74) is 15.7. The quantitative estimate of drug-likeness (QED) is 0.0383. The van der Waals surface area contributed by atoms with Gasteiger partial charge in [-0.1, -0.05) is 29.8 Å². The molecule has 2 saturated heterocycles. The molecule has 3 aromatic carbocycles. The first-order chi connectivity index (χ1) is 55.5. The average molecular weight is 1710 g/mol. The molecule has 0 radical (unpaired) electrons. The third-order valence-corrected chi connectivity index (χ3v) is 24.3. The van der Waals surface area contributed by atoms with Gasteiger partial charge in [-0.15, -0.1) is 0 Å². The molecule has 5 fully saturated rings. The highest BCUT2D eigenvalue weighted by Gasteiger charge is 2.62. The van der Waals surface area contributed by atoms with Crippen LogP contribution < -0.4 is 21.7 Å². The summed E-state index contributed by atoms with van der Waals surface area (Å²) < 4.78 is 175. The van der Waals surface area contributed by atoms with Crippen LogP contribution in [-0.4, -0.2) is 161 Å². The van der Waals surface area contributed by atoms with Gasteiger partial charge in [-0.3, -0.25) is 38.2 Å². The molecule has 622 valence electrons. The topological polar surface area (TPSA) is 374 Å². The number of ketones is 2. The van der Waals surface area contributed by atoms with Gasteiger partial charge in [0, 0.05) is 139 Å². The Kier molecular flexibility index (Phi) is 22.8. The van der Waals surface area contributed by atoms with Crippen LogP contribution in [0.5, 0.6) is 0 Å². The zero-order valence-corrected chi connectivity index (χ0v) is 68.6. The van der Waals surface area contributed by atoms with Gasteiger partial charge in [0.1, 0.15) is 63.5 Å². The van der Waals surface area contributed by atoms with E-state index < -0.39 is 95.3 Å². The monoisotopic (exact) mass is 1700 g/mol. The summed E-state index contributed by atoms with van der Waals surface area (Å²) in [6, 6.07) is 21.7. The number of pyridine rings is 3. The minimum Gasteiger partial charge on any atom is -0.369 e. The fourth-order valence-corrected chi connectivity index (χ4v) is 17.2. The minimum absolute atomic E-state index is 0.0487. The Bertz CT molecular complexity index is 6230. The van der Waals surface area contributed by atoms with E-state index in [0.717, 1.165) is 62.6 Å². The van der Waals surface area contributed by atoms with Crippen LogP contribution in [-0.2, 0) is 93.8 Å². The Hall–Kier alpha value is -10.8. The van der Waals surface area contributed by atoms with E-state index in [1.807, 2.05) is 60.8 Å². The third-order valence-electron chi connectivity index (χ3n) is 20.7. The number of nitrogens with two attached hydrogens (primary N) is 1. The Morgan fingerprint density at radius 2 is 0.949 bits per heavy atom. The number of carbonyl (C=O) groups is 3. The lowest BCUT2D eigenvalue weighted by Gasteiger charge is -2.25. The molecule has 11 heterocycles. The highest BCUT2D eigenvalue weighted by atomic mass is 35.5. The van der Waals surface area contributed by atoms with E-state index in [1.54, 1.807) is 114 Å². The first-order valence-electron chi connectivity index (χ1n) is 37.6. The van der Waals surface area contributed by atoms with E-state index in [1.165, 1.54) is 6.26 Å². The van der Waals surface area contributed by atoms with Gasteiger partial charge in [-0.2, -0.15) is 5.10 Å². The molecule has 5 N–H and O–H groups in total. The molecule has 11 aromatic rings. The number of amides is 1. The number of rotatable bonds is 21. The van der Waals surface area contributed by atoms with Crippen molar-refractivity contribution in [2.45, 2.75) is 143 Å². The van der Waals surface area contributed by atoms with Gasteiger partial charge < -0.3 is 40.3 Å². The summed E-state index contributed by atoms with van der Waals surface area (Å²) in [4.78, 5) is 71.5. The predicted octanol–water partition coefficient (Wildman–Crippen LogP) is 13.6. The molecule has 5 unspecified atom stereocenters. The number of ether oxygens (including phenoxy) is 2. The molecule has 5 atom stereocenters. The van der Waals surface area contributed by atoms with Crippen LogP contribution in [0.1, 0.15) is 106 Å². The lowest BCUT2D eigenvalue weighted by atomic mass is 10.1. The molecular weight excluding hydrogens is 1620 g/mol. The van der Waals surface area contributed by atoms with Crippen molar-refractivity contribution in [3.63, 3.8) is 0 Å². The van der Waals surface area contributed by atoms with E-state index in [-0.39, 0.29) is 57.3 Å². The molecule has 17 rings (SSSR count). The Balaban J connectivity index is 0.000000139. The highest BCUT2D eigenvalue weighted by molar-refractivity contribution is 7.91. The maximum Gasteiger partial charge on any atom is 0.260 e. The van der Waals surface area contributed by atoms with Crippen LogP contribution in [0, 0.1) is 31.6 Å². The minimum atomic E-state index is -3.69. The van der Waals surface area contributed by atoms with Crippen LogP contribution in [0.4, 0.5) is 66.2 Å². The number of anilines is 6. The average Bonchev–Trinajstić information content (AvgIpc) is 1.61. The molecule has 8 aromatic heterocycles. The van der Waals surface area contributed by atoms with Gasteiger partial charge in [-0.25, -0.2) is 81.5 Å². The molecule has 6 aliphatic rings. The number of Topliss-reactive ketones (excluding diaryl/α,β-unsaturated/α-hetero) is 2. The number of aromatic nitrogens is 13. The summed E-state index contributed by atoms with van der Waals surface area (Å²) in [5.74, 6) is -13.1. The number of hydrogen-bond acceptors (Lipinski definition) is 23. The van der Waals surface area contributed by atoms with Gasteiger partial charge in [0.05, 0.1) is 107 Å². The van der Waals surface area contributed by atoms with Gasteiger partial charge in [0.15, 0.2) is 40.8 Å². The Morgan fingerprint density at radius 1 is 0.534 bits per heavy atom. The summed E-state index contributed by atoms with van der Waals surface area (Å²) in [7, 11) is -5.42. The normalized spacial score (nSPS) is 19.5. The summed E-state index contributed by atoms with van der Waals surface area (Å²) in [6.07, 6.45) is 16.0. The second-order valence-electron chi connectivity index (χ2n) is 30.5. The van der Waals surface area contributed by atoms with Crippen molar-refractivity contribution in [3.8, 4) is 33.8 Å². The number of benzene rings is 3. The van der Waals surface area contributed by atoms with E-state index >= 15 is 0 Å². The molecule has 3 aliphatic carbocycles. The first-order valence-corrected chi connectivity index (χ1v) is 43.6. The molecule has 29 nitrogen and oxygen atoms in total. The van der Waals surface area contributed by atoms with Gasteiger partial charge in [-0.05, 0) is 114 Å². The number of nitrogens with zero attached hydrogens (tertiary/aromatic N) is 14. The van der Waals surface area contributed by atoms with Crippen molar-refractivity contribution >= 4 is 126 Å². The maximum absolute atomic E-state index is 13.6. The molecule has 1 amide bonds. The van der Waals surface area contributed by atoms with E-state index in [0.29, 0.717) is 133 Å². The van der Waals surface area contributed by atoms with E-state index in [9.17, 15) is 66.0 Å². The van der Waals surface area contributed by atoms with Crippen LogP contribution in [0.3, 0.4) is 0 Å². The number of primary amides is 1. The van der Waals surface area contributed by atoms with Crippen molar-refractivity contribution in [3.05, 3.63) is 144 Å². The number of imidazole rings is 4.